The van der Waals surface area contributed by atoms with Gasteiger partial charge in [0.15, 0.2) is 0 Å². The highest BCUT2D eigenvalue weighted by molar-refractivity contribution is 5.56. The Labute approximate surface area is 98.9 Å². The van der Waals surface area contributed by atoms with E-state index in [4.69, 9.17) is 9.68 Å². The van der Waals surface area contributed by atoms with E-state index in [2.05, 4.69) is 16.4 Å². The van der Waals surface area contributed by atoms with Gasteiger partial charge in [-0.2, -0.15) is 5.26 Å². The molecule has 4 heteroatoms. The van der Waals surface area contributed by atoms with E-state index in [0.29, 0.717) is 11.5 Å². The number of nitrogens with one attached hydrogen (secondary N) is 1. The van der Waals surface area contributed by atoms with Gasteiger partial charge in [0, 0.05) is 18.5 Å². The number of oxazole rings is 1. The molecule has 0 saturated carbocycles. The monoisotopic (exact) mass is 225 g/mol. The van der Waals surface area contributed by atoms with E-state index in [1.807, 2.05) is 12.1 Å². The summed E-state index contributed by atoms with van der Waals surface area (Å²) >= 11 is 0. The number of hydrogen-bond donors (Lipinski definition) is 1. The molecule has 0 amide bonds. The third-order valence-electron chi connectivity index (χ3n) is 2.84. The highest BCUT2D eigenvalue weighted by atomic mass is 16.4. The van der Waals surface area contributed by atoms with Gasteiger partial charge in [-0.1, -0.05) is 6.07 Å². The summed E-state index contributed by atoms with van der Waals surface area (Å²) in [5.41, 5.74) is 2.51. The normalized spacial score (nSPS) is 14.1. The van der Waals surface area contributed by atoms with Gasteiger partial charge < -0.3 is 9.73 Å². The van der Waals surface area contributed by atoms with Crippen molar-refractivity contribution in [3.63, 3.8) is 0 Å². The van der Waals surface area contributed by atoms with Gasteiger partial charge in [-0.25, -0.2) is 4.98 Å². The van der Waals surface area contributed by atoms with E-state index in [1.165, 1.54) is 0 Å². The second-order valence-corrected chi connectivity index (χ2v) is 4.01. The Kier molecular flexibility index (Phi) is 2.39. The molecule has 0 radical (unpaired) electrons. The lowest BCUT2D eigenvalue weighted by molar-refractivity contribution is 0.472. The molecule has 0 spiro atoms. The molecular weight excluding hydrogens is 214 g/mol. The van der Waals surface area contributed by atoms with Crippen molar-refractivity contribution in [2.24, 2.45) is 0 Å². The molecule has 1 aromatic heterocycles. The van der Waals surface area contributed by atoms with Crippen LogP contribution in [0.3, 0.4) is 0 Å². The molecule has 4 nitrogen and oxygen atoms in total. The van der Waals surface area contributed by atoms with Crippen LogP contribution in [0, 0.1) is 11.3 Å². The summed E-state index contributed by atoms with van der Waals surface area (Å²) in [5.74, 6) is 1.52. The molecule has 0 unspecified atom stereocenters. The SMILES string of the molecule is N#Cc1cccc(-c2nc3c(o2)CNCC3)c1. The lowest BCUT2D eigenvalue weighted by Gasteiger charge is -2.08. The number of nitriles is 1. The van der Waals surface area contributed by atoms with E-state index in [0.717, 1.165) is 36.5 Å². The number of benzene rings is 1. The van der Waals surface area contributed by atoms with Gasteiger partial charge in [-0.05, 0) is 18.2 Å². The summed E-state index contributed by atoms with van der Waals surface area (Å²) < 4.78 is 5.71. The van der Waals surface area contributed by atoms with Crippen molar-refractivity contribution in [1.29, 1.82) is 5.26 Å². The minimum Gasteiger partial charge on any atom is -0.440 e. The minimum absolute atomic E-state index is 0.607. The third kappa shape index (κ3) is 1.81. The van der Waals surface area contributed by atoms with E-state index < -0.39 is 0 Å². The molecule has 1 aromatic carbocycles. The van der Waals surface area contributed by atoms with Crippen LogP contribution in [-0.4, -0.2) is 11.5 Å². The van der Waals surface area contributed by atoms with Crippen LogP contribution in [0.5, 0.6) is 0 Å². The second kappa shape index (κ2) is 4.04. The Morgan fingerprint density at radius 1 is 1.41 bits per heavy atom. The number of nitrogens with zero attached hydrogens (tertiary/aromatic N) is 2. The molecule has 3 rings (SSSR count). The second-order valence-electron chi connectivity index (χ2n) is 4.01. The molecule has 1 aliphatic rings. The van der Waals surface area contributed by atoms with Crippen molar-refractivity contribution < 1.29 is 4.42 Å². The van der Waals surface area contributed by atoms with Gasteiger partial charge in [0.1, 0.15) is 5.76 Å². The van der Waals surface area contributed by atoms with Crippen LogP contribution in [0.2, 0.25) is 0 Å². The van der Waals surface area contributed by atoms with Gasteiger partial charge in [-0.3, -0.25) is 0 Å². The largest absolute Gasteiger partial charge is 0.440 e. The Hall–Kier alpha value is -2.12. The maximum atomic E-state index is 8.86. The topological polar surface area (TPSA) is 61.9 Å². The van der Waals surface area contributed by atoms with Gasteiger partial charge >= 0.3 is 0 Å². The first-order valence-electron chi connectivity index (χ1n) is 5.56. The Morgan fingerprint density at radius 2 is 2.35 bits per heavy atom. The van der Waals surface area contributed by atoms with Gasteiger partial charge in [0.25, 0.3) is 0 Å². The van der Waals surface area contributed by atoms with Crippen molar-refractivity contribution in [2.45, 2.75) is 13.0 Å². The molecule has 0 saturated heterocycles. The fourth-order valence-corrected chi connectivity index (χ4v) is 1.97. The quantitative estimate of drug-likeness (QED) is 0.804. The van der Waals surface area contributed by atoms with Gasteiger partial charge in [0.2, 0.25) is 5.89 Å². The zero-order valence-corrected chi connectivity index (χ0v) is 9.23. The number of hydrogen-bond acceptors (Lipinski definition) is 4. The Balaban J connectivity index is 2.03. The standard InChI is InChI=1S/C13H11N3O/c14-7-9-2-1-3-10(6-9)13-16-11-4-5-15-8-12(11)17-13/h1-3,6,15H,4-5,8H2. The predicted octanol–water partition coefficient (Wildman–Crippen LogP) is 1.86. The minimum atomic E-state index is 0.607. The summed E-state index contributed by atoms with van der Waals surface area (Å²) in [6.45, 7) is 1.68. The smallest absolute Gasteiger partial charge is 0.226 e. The van der Waals surface area contributed by atoms with E-state index in [9.17, 15) is 0 Å². The fourth-order valence-electron chi connectivity index (χ4n) is 1.97. The average molecular weight is 225 g/mol. The van der Waals surface area contributed by atoms with Crippen LogP contribution in [0.4, 0.5) is 0 Å². The zero-order chi connectivity index (χ0) is 11.7. The molecule has 0 atom stereocenters. The number of rotatable bonds is 1. The average Bonchev–Trinajstić information content (AvgIpc) is 2.82. The molecule has 2 heterocycles. The fraction of sp³-hybridized carbons (Fsp3) is 0.231. The molecular formula is C13H11N3O. The van der Waals surface area contributed by atoms with Crippen LogP contribution >= 0.6 is 0 Å². The van der Waals surface area contributed by atoms with Gasteiger partial charge in [0.05, 0.1) is 23.9 Å². The summed E-state index contributed by atoms with van der Waals surface area (Å²) in [5, 5.41) is 12.1. The molecule has 0 bridgehead atoms. The van der Waals surface area contributed by atoms with Crippen molar-refractivity contribution in [3.05, 3.63) is 41.3 Å². The van der Waals surface area contributed by atoms with Crippen LogP contribution in [-0.2, 0) is 13.0 Å². The van der Waals surface area contributed by atoms with Crippen molar-refractivity contribution >= 4 is 0 Å². The molecule has 2 aromatic rings. The highest BCUT2D eigenvalue weighted by Gasteiger charge is 2.17. The first-order valence-corrected chi connectivity index (χ1v) is 5.56. The van der Waals surface area contributed by atoms with Crippen LogP contribution in [0.1, 0.15) is 17.0 Å². The van der Waals surface area contributed by atoms with E-state index in [-0.39, 0.29) is 0 Å². The summed E-state index contributed by atoms with van der Waals surface area (Å²) in [7, 11) is 0. The lowest BCUT2D eigenvalue weighted by atomic mass is 10.1. The molecule has 84 valence electrons. The van der Waals surface area contributed by atoms with E-state index in [1.54, 1.807) is 12.1 Å². The van der Waals surface area contributed by atoms with E-state index >= 15 is 0 Å². The summed E-state index contributed by atoms with van der Waals surface area (Å²) in [6.07, 6.45) is 0.900. The molecule has 1 aliphatic heterocycles. The number of aromatic nitrogens is 1. The van der Waals surface area contributed by atoms with Gasteiger partial charge in [-0.15, -0.1) is 0 Å². The van der Waals surface area contributed by atoms with Crippen LogP contribution in [0.15, 0.2) is 28.7 Å². The molecule has 17 heavy (non-hydrogen) atoms. The van der Waals surface area contributed by atoms with Crippen molar-refractivity contribution in [2.75, 3.05) is 6.54 Å². The summed E-state index contributed by atoms with van der Waals surface area (Å²) in [4.78, 5) is 4.48. The Bertz CT molecular complexity index is 571. The predicted molar refractivity (Wildman–Crippen MR) is 62.1 cm³/mol. The summed E-state index contributed by atoms with van der Waals surface area (Å²) in [6, 6.07) is 9.44. The van der Waals surface area contributed by atoms with Crippen molar-refractivity contribution in [3.8, 4) is 17.5 Å². The third-order valence-corrected chi connectivity index (χ3v) is 2.84. The first kappa shape index (κ1) is 10.1. The van der Waals surface area contributed by atoms with Crippen LogP contribution < -0.4 is 5.32 Å². The van der Waals surface area contributed by atoms with Crippen LogP contribution in [0.25, 0.3) is 11.5 Å². The van der Waals surface area contributed by atoms with Crippen molar-refractivity contribution in [1.82, 2.24) is 10.3 Å². The molecule has 1 N–H and O–H groups in total. The number of fused-ring (bicyclic) bond motifs is 1. The molecule has 0 fully saturated rings. The Morgan fingerprint density at radius 3 is 3.18 bits per heavy atom. The first-order chi connectivity index (χ1) is 8.36. The molecule has 0 aliphatic carbocycles. The lowest BCUT2D eigenvalue weighted by Crippen LogP contribution is -2.22. The maximum absolute atomic E-state index is 8.86. The highest BCUT2D eigenvalue weighted by Crippen LogP contribution is 2.24. The zero-order valence-electron chi connectivity index (χ0n) is 9.23. The maximum Gasteiger partial charge on any atom is 0.226 e.